The summed E-state index contributed by atoms with van der Waals surface area (Å²) in [5.74, 6) is 0.0539. The van der Waals surface area contributed by atoms with Crippen LogP contribution in [0.25, 0.3) is 11.1 Å². The van der Waals surface area contributed by atoms with Crippen LogP contribution in [0.4, 0.5) is 15.3 Å². The molecule has 2 N–H and O–H groups in total. The first-order valence-corrected chi connectivity index (χ1v) is 16.2. The Hall–Kier alpha value is -4.41. The minimum Gasteiger partial charge on any atom is -0.453 e. The summed E-state index contributed by atoms with van der Waals surface area (Å²) in [7, 11) is 1.42. The molecule has 0 aromatic heterocycles. The number of carbonyl (C=O) groups excluding carboxylic acids is 3. The van der Waals surface area contributed by atoms with Gasteiger partial charge < -0.3 is 24.6 Å². The van der Waals surface area contributed by atoms with E-state index in [0.717, 1.165) is 74.5 Å². The lowest BCUT2D eigenvalue weighted by Gasteiger charge is -2.33. The van der Waals surface area contributed by atoms with Crippen molar-refractivity contribution in [1.29, 1.82) is 0 Å². The zero-order valence-corrected chi connectivity index (χ0v) is 26.7. The number of nitrogens with one attached hydrogen (secondary N) is 2. The first-order valence-electron chi connectivity index (χ1n) is 16.2. The molecule has 3 aromatic carbocycles. The molecule has 2 aliphatic rings. The number of likely N-dealkylation sites (tertiary alicyclic amines) is 1. The molecule has 2 aliphatic heterocycles. The number of hydrogen-bond acceptors (Lipinski definition) is 7. The zero-order valence-electron chi connectivity index (χ0n) is 26.7. The predicted molar refractivity (Wildman–Crippen MR) is 178 cm³/mol. The molecule has 0 radical (unpaired) electrons. The summed E-state index contributed by atoms with van der Waals surface area (Å²) in [5, 5.41) is 5.98. The summed E-state index contributed by atoms with van der Waals surface area (Å²) in [6, 6.07) is 26.1. The summed E-state index contributed by atoms with van der Waals surface area (Å²) >= 11 is 0. The molecule has 10 nitrogen and oxygen atoms in total. The second kappa shape index (κ2) is 16.8. The van der Waals surface area contributed by atoms with Gasteiger partial charge >= 0.3 is 12.2 Å². The average molecular weight is 628 g/mol. The molecule has 3 amide bonds. The maximum atomic E-state index is 12.7. The predicted octanol–water partition coefficient (Wildman–Crippen LogP) is 5.00. The van der Waals surface area contributed by atoms with Crippen molar-refractivity contribution in [1.82, 2.24) is 20.0 Å². The van der Waals surface area contributed by atoms with Gasteiger partial charge in [-0.3, -0.25) is 15.0 Å². The highest BCUT2D eigenvalue weighted by Gasteiger charge is 2.23. The van der Waals surface area contributed by atoms with Gasteiger partial charge in [0.15, 0.2) is 0 Å². The number of benzene rings is 3. The SMILES string of the molecule is COC(=O)N1CCN(Cc2ccc(CCC(=O)NCCN3CCC(OC(=O)Nc4ccccc4-c4ccccc4)CC3)cc2)CC1. The van der Waals surface area contributed by atoms with E-state index in [-0.39, 0.29) is 18.1 Å². The molecule has 3 aromatic rings. The van der Waals surface area contributed by atoms with Crippen LogP contribution in [-0.4, -0.2) is 98.4 Å². The molecule has 2 fully saturated rings. The number of piperidine rings is 1. The number of carbonyl (C=O) groups is 3. The highest BCUT2D eigenvalue weighted by atomic mass is 16.6. The van der Waals surface area contributed by atoms with Gasteiger partial charge in [0.1, 0.15) is 6.10 Å². The number of anilines is 1. The van der Waals surface area contributed by atoms with E-state index >= 15 is 0 Å². The van der Waals surface area contributed by atoms with E-state index in [0.29, 0.717) is 32.5 Å². The van der Waals surface area contributed by atoms with E-state index in [4.69, 9.17) is 9.47 Å². The molecule has 0 saturated carbocycles. The van der Waals surface area contributed by atoms with Crippen LogP contribution in [-0.2, 0) is 27.2 Å². The topological polar surface area (TPSA) is 103 Å². The molecule has 244 valence electrons. The highest BCUT2D eigenvalue weighted by Crippen LogP contribution is 2.28. The summed E-state index contributed by atoms with van der Waals surface area (Å²) in [6.45, 7) is 6.87. The quantitative estimate of drug-likeness (QED) is 0.309. The Morgan fingerprint density at radius 3 is 2.17 bits per heavy atom. The van der Waals surface area contributed by atoms with Crippen LogP contribution in [0, 0.1) is 0 Å². The lowest BCUT2D eigenvalue weighted by atomic mass is 10.0. The molecule has 5 rings (SSSR count). The molecular weight excluding hydrogens is 582 g/mol. The molecule has 2 saturated heterocycles. The summed E-state index contributed by atoms with van der Waals surface area (Å²) in [6.07, 6.45) is 1.86. The number of methoxy groups -OCH3 is 1. The molecule has 0 spiro atoms. The molecule has 0 atom stereocenters. The van der Waals surface area contributed by atoms with Crippen LogP contribution in [0.15, 0.2) is 78.9 Å². The average Bonchev–Trinajstić information content (AvgIpc) is 3.09. The normalized spacial score (nSPS) is 16.1. The van der Waals surface area contributed by atoms with E-state index in [9.17, 15) is 14.4 Å². The summed E-state index contributed by atoms with van der Waals surface area (Å²) in [4.78, 5) is 43.2. The Kier molecular flexibility index (Phi) is 12.0. The van der Waals surface area contributed by atoms with Gasteiger partial charge in [-0.1, -0.05) is 72.8 Å². The molecule has 0 bridgehead atoms. The van der Waals surface area contributed by atoms with Gasteiger partial charge in [-0.2, -0.15) is 0 Å². The minimum atomic E-state index is -0.431. The number of amides is 3. The van der Waals surface area contributed by atoms with Gasteiger partial charge in [0.2, 0.25) is 5.91 Å². The molecule has 0 unspecified atom stereocenters. The minimum absolute atomic E-state index is 0.0539. The smallest absolute Gasteiger partial charge is 0.411 e. The van der Waals surface area contributed by atoms with Crippen molar-refractivity contribution in [2.45, 2.75) is 38.3 Å². The standard InChI is InChI=1S/C36H45N5O5/c1-45-36(44)41-25-23-40(24-26-41)27-29-13-11-28(12-14-29)15-16-34(42)37-19-22-39-20-17-31(18-21-39)46-35(43)38-33-10-6-5-9-32(33)30-7-3-2-4-8-30/h2-14,31H,15-27H2,1H3,(H,37,42)(H,38,43). The second-order valence-corrected chi connectivity index (χ2v) is 11.9. The van der Waals surface area contributed by atoms with Gasteiger partial charge in [0.25, 0.3) is 0 Å². The number of nitrogens with zero attached hydrogens (tertiary/aromatic N) is 3. The van der Waals surface area contributed by atoms with Crippen molar-refractivity contribution in [3.63, 3.8) is 0 Å². The van der Waals surface area contributed by atoms with E-state index in [2.05, 4.69) is 44.7 Å². The molecular formula is C36H45N5O5. The number of aryl methyl sites for hydroxylation is 1. The lowest BCUT2D eigenvalue weighted by molar-refractivity contribution is -0.121. The van der Waals surface area contributed by atoms with Gasteiger partial charge in [-0.15, -0.1) is 0 Å². The molecule has 2 heterocycles. The van der Waals surface area contributed by atoms with E-state index in [1.54, 1.807) is 4.90 Å². The van der Waals surface area contributed by atoms with Crippen LogP contribution >= 0.6 is 0 Å². The van der Waals surface area contributed by atoms with Crippen LogP contribution in [0.3, 0.4) is 0 Å². The summed E-state index contributed by atoms with van der Waals surface area (Å²) in [5.41, 5.74) is 5.09. The van der Waals surface area contributed by atoms with Gasteiger partial charge in [-0.25, -0.2) is 9.59 Å². The number of piperazine rings is 1. The van der Waals surface area contributed by atoms with Crippen molar-refractivity contribution >= 4 is 23.8 Å². The molecule has 0 aliphatic carbocycles. The van der Waals surface area contributed by atoms with Crippen molar-refractivity contribution in [2.24, 2.45) is 0 Å². The second-order valence-electron chi connectivity index (χ2n) is 11.9. The fraction of sp³-hybridized carbons (Fsp3) is 0.417. The number of rotatable bonds is 11. The monoisotopic (exact) mass is 627 g/mol. The fourth-order valence-corrected chi connectivity index (χ4v) is 5.99. The van der Waals surface area contributed by atoms with Gasteiger partial charge in [0, 0.05) is 70.9 Å². The van der Waals surface area contributed by atoms with Crippen molar-refractivity contribution in [3.05, 3.63) is 90.0 Å². The Morgan fingerprint density at radius 2 is 1.46 bits per heavy atom. The largest absolute Gasteiger partial charge is 0.453 e. The first kappa shape index (κ1) is 33.0. The van der Waals surface area contributed by atoms with Crippen LogP contribution in [0.1, 0.15) is 30.4 Å². The fourth-order valence-electron chi connectivity index (χ4n) is 5.99. The number of hydrogen-bond donors (Lipinski definition) is 2. The zero-order chi connectivity index (χ0) is 32.1. The maximum absolute atomic E-state index is 12.7. The third-order valence-corrected chi connectivity index (χ3v) is 8.68. The Balaban J connectivity index is 0.937. The number of para-hydroxylation sites is 1. The van der Waals surface area contributed by atoms with Crippen molar-refractivity contribution in [2.75, 3.05) is 64.8 Å². The number of ether oxygens (including phenoxy) is 2. The third-order valence-electron chi connectivity index (χ3n) is 8.68. The lowest BCUT2D eigenvalue weighted by Crippen LogP contribution is -2.48. The van der Waals surface area contributed by atoms with E-state index < -0.39 is 6.09 Å². The van der Waals surface area contributed by atoms with Gasteiger partial charge in [-0.05, 0) is 42.0 Å². The van der Waals surface area contributed by atoms with E-state index in [1.807, 2.05) is 54.6 Å². The third kappa shape index (κ3) is 9.79. The maximum Gasteiger partial charge on any atom is 0.411 e. The molecule has 10 heteroatoms. The van der Waals surface area contributed by atoms with Crippen LogP contribution in [0.2, 0.25) is 0 Å². The first-order chi connectivity index (χ1) is 22.5. The van der Waals surface area contributed by atoms with Crippen molar-refractivity contribution in [3.8, 4) is 11.1 Å². The Morgan fingerprint density at radius 1 is 0.783 bits per heavy atom. The van der Waals surface area contributed by atoms with Gasteiger partial charge in [0.05, 0.1) is 12.8 Å². The molecule has 46 heavy (non-hydrogen) atoms. The highest BCUT2D eigenvalue weighted by molar-refractivity contribution is 5.91. The Labute approximate surface area is 271 Å². The van der Waals surface area contributed by atoms with Crippen LogP contribution < -0.4 is 10.6 Å². The van der Waals surface area contributed by atoms with Crippen molar-refractivity contribution < 1.29 is 23.9 Å². The summed E-state index contributed by atoms with van der Waals surface area (Å²) < 4.78 is 10.6. The van der Waals surface area contributed by atoms with E-state index in [1.165, 1.54) is 12.7 Å². The Bertz CT molecular complexity index is 1420. The van der Waals surface area contributed by atoms with Crippen LogP contribution in [0.5, 0.6) is 0 Å².